The highest BCUT2D eigenvalue weighted by Crippen LogP contribution is 2.43. The lowest BCUT2D eigenvalue weighted by molar-refractivity contribution is -0.125. The molecule has 1 N–H and O–H groups in total. The molecule has 0 bridgehead atoms. The summed E-state index contributed by atoms with van der Waals surface area (Å²) >= 11 is 0. The topological polar surface area (TPSA) is 95.5 Å². The second-order valence-corrected chi connectivity index (χ2v) is 7.24. The standard InChI is InChI=1S/C22H21N5O3/c1-14(6-9-20(29)25-13-28)27-19-8-7-18(26(2)15-10-23-12-24-11-15)16-4-3-5-17(21(16)19)22(27)30/h3-5,7-8,10-14H,6,9H2,1-2H3,(H,25,28,29). The molecule has 0 saturated heterocycles. The van der Waals surface area contributed by atoms with E-state index in [2.05, 4.69) is 15.3 Å². The van der Waals surface area contributed by atoms with E-state index in [1.165, 1.54) is 6.33 Å². The molecule has 30 heavy (non-hydrogen) atoms. The van der Waals surface area contributed by atoms with Gasteiger partial charge in [-0.05, 0) is 31.5 Å². The Kier molecular flexibility index (Phi) is 5.14. The summed E-state index contributed by atoms with van der Waals surface area (Å²) in [5.41, 5.74) is 3.26. The molecule has 1 aromatic heterocycles. The van der Waals surface area contributed by atoms with Gasteiger partial charge in [0, 0.05) is 41.5 Å². The van der Waals surface area contributed by atoms with Gasteiger partial charge < -0.3 is 9.80 Å². The molecule has 3 aromatic rings. The van der Waals surface area contributed by atoms with Gasteiger partial charge in [0.2, 0.25) is 12.3 Å². The number of aromatic nitrogens is 2. The average molecular weight is 403 g/mol. The molecule has 2 heterocycles. The minimum absolute atomic E-state index is 0.0817. The number of anilines is 3. The van der Waals surface area contributed by atoms with E-state index < -0.39 is 0 Å². The minimum Gasteiger partial charge on any atom is -0.342 e. The van der Waals surface area contributed by atoms with Crippen LogP contribution in [0.25, 0.3) is 10.8 Å². The number of benzene rings is 2. The smallest absolute Gasteiger partial charge is 0.259 e. The Labute approximate surface area is 173 Å². The number of amides is 3. The van der Waals surface area contributed by atoms with Crippen LogP contribution in [0.3, 0.4) is 0 Å². The fraction of sp³-hybridized carbons (Fsp3) is 0.227. The van der Waals surface area contributed by atoms with Crippen molar-refractivity contribution in [3.8, 4) is 0 Å². The maximum Gasteiger partial charge on any atom is 0.259 e. The maximum atomic E-state index is 13.2. The van der Waals surface area contributed by atoms with Crippen molar-refractivity contribution in [1.29, 1.82) is 0 Å². The van der Waals surface area contributed by atoms with Crippen LogP contribution in [0.15, 0.2) is 49.1 Å². The molecule has 0 saturated carbocycles. The summed E-state index contributed by atoms with van der Waals surface area (Å²) in [6.45, 7) is 1.91. The molecule has 0 spiro atoms. The van der Waals surface area contributed by atoms with Crippen molar-refractivity contribution < 1.29 is 14.4 Å². The zero-order chi connectivity index (χ0) is 21.3. The van der Waals surface area contributed by atoms with Gasteiger partial charge in [-0.25, -0.2) is 9.97 Å². The Hall–Kier alpha value is -3.81. The summed E-state index contributed by atoms with van der Waals surface area (Å²) in [4.78, 5) is 47.1. The Bertz CT molecular complexity index is 1130. The number of nitrogens with zero attached hydrogens (tertiary/aromatic N) is 4. The predicted molar refractivity (Wildman–Crippen MR) is 114 cm³/mol. The first-order chi connectivity index (χ1) is 14.5. The zero-order valence-corrected chi connectivity index (χ0v) is 16.7. The van der Waals surface area contributed by atoms with Crippen molar-refractivity contribution in [2.24, 2.45) is 0 Å². The number of nitrogens with one attached hydrogen (secondary N) is 1. The van der Waals surface area contributed by atoms with Crippen LogP contribution in [0.4, 0.5) is 17.1 Å². The van der Waals surface area contributed by atoms with Gasteiger partial charge in [0.1, 0.15) is 6.33 Å². The molecule has 1 aliphatic heterocycles. The van der Waals surface area contributed by atoms with Gasteiger partial charge in [-0.3, -0.25) is 19.7 Å². The summed E-state index contributed by atoms with van der Waals surface area (Å²) in [5.74, 6) is -0.435. The zero-order valence-electron chi connectivity index (χ0n) is 16.7. The second kappa shape index (κ2) is 7.90. The normalized spacial score (nSPS) is 13.4. The van der Waals surface area contributed by atoms with Gasteiger partial charge in [-0.15, -0.1) is 0 Å². The van der Waals surface area contributed by atoms with Crippen LogP contribution in [0.1, 0.15) is 30.1 Å². The number of hydrogen-bond donors (Lipinski definition) is 1. The number of carbonyl (C=O) groups is 3. The molecule has 1 unspecified atom stereocenters. The monoisotopic (exact) mass is 403 g/mol. The maximum absolute atomic E-state index is 13.2. The van der Waals surface area contributed by atoms with Gasteiger partial charge in [0.25, 0.3) is 5.91 Å². The van der Waals surface area contributed by atoms with E-state index in [0.717, 1.165) is 27.8 Å². The molecule has 3 amide bonds. The van der Waals surface area contributed by atoms with Crippen molar-refractivity contribution in [2.45, 2.75) is 25.8 Å². The lowest BCUT2D eigenvalue weighted by Crippen LogP contribution is -2.36. The summed E-state index contributed by atoms with van der Waals surface area (Å²) in [5, 5.41) is 3.99. The molecule has 1 atom stereocenters. The Morgan fingerprint density at radius 1 is 1.23 bits per heavy atom. The molecular weight excluding hydrogens is 382 g/mol. The van der Waals surface area contributed by atoms with Crippen molar-refractivity contribution in [3.63, 3.8) is 0 Å². The average Bonchev–Trinajstić information content (AvgIpc) is 3.06. The third kappa shape index (κ3) is 3.26. The van der Waals surface area contributed by atoms with Crippen LogP contribution in [0, 0.1) is 0 Å². The van der Waals surface area contributed by atoms with Crippen molar-refractivity contribution in [1.82, 2.24) is 15.3 Å². The Morgan fingerprint density at radius 2 is 2.00 bits per heavy atom. The van der Waals surface area contributed by atoms with Crippen molar-refractivity contribution >= 4 is 46.1 Å². The predicted octanol–water partition coefficient (Wildman–Crippen LogP) is 2.80. The molecule has 1 aliphatic rings. The lowest BCUT2D eigenvalue weighted by Gasteiger charge is -2.26. The van der Waals surface area contributed by atoms with E-state index in [1.807, 2.05) is 49.2 Å². The first-order valence-electron chi connectivity index (χ1n) is 9.64. The first kappa shape index (κ1) is 19.5. The van der Waals surface area contributed by atoms with E-state index in [4.69, 9.17) is 0 Å². The van der Waals surface area contributed by atoms with Crippen LogP contribution in [-0.4, -0.2) is 41.3 Å². The number of imide groups is 1. The van der Waals surface area contributed by atoms with E-state index in [-0.39, 0.29) is 24.3 Å². The van der Waals surface area contributed by atoms with Crippen LogP contribution >= 0.6 is 0 Å². The Balaban J connectivity index is 1.71. The fourth-order valence-corrected chi connectivity index (χ4v) is 3.93. The quantitative estimate of drug-likeness (QED) is 0.610. The van der Waals surface area contributed by atoms with Crippen molar-refractivity contribution in [2.75, 3.05) is 16.8 Å². The Morgan fingerprint density at radius 3 is 2.73 bits per heavy atom. The van der Waals surface area contributed by atoms with Gasteiger partial charge in [0.05, 0.1) is 23.8 Å². The third-order valence-corrected chi connectivity index (χ3v) is 5.45. The summed E-state index contributed by atoms with van der Waals surface area (Å²) in [7, 11) is 1.94. The molecule has 0 aliphatic carbocycles. The number of rotatable bonds is 7. The van der Waals surface area contributed by atoms with Gasteiger partial charge in [-0.2, -0.15) is 0 Å². The molecule has 8 nitrogen and oxygen atoms in total. The summed E-state index contributed by atoms with van der Waals surface area (Å²) in [6.07, 6.45) is 5.95. The fourth-order valence-electron chi connectivity index (χ4n) is 3.93. The molecule has 2 aromatic carbocycles. The van der Waals surface area contributed by atoms with E-state index in [1.54, 1.807) is 17.3 Å². The highest BCUT2D eigenvalue weighted by atomic mass is 16.2. The molecule has 0 fully saturated rings. The lowest BCUT2D eigenvalue weighted by atomic mass is 10.0. The molecule has 4 rings (SSSR count). The van der Waals surface area contributed by atoms with E-state index in [9.17, 15) is 14.4 Å². The number of hydrogen-bond acceptors (Lipinski definition) is 6. The summed E-state index contributed by atoms with van der Waals surface area (Å²) in [6, 6.07) is 9.42. The largest absolute Gasteiger partial charge is 0.342 e. The minimum atomic E-state index is -0.354. The SMILES string of the molecule is CC(CCC(=O)NC=O)N1C(=O)c2cccc3c(N(C)c4cncnc4)ccc1c23. The van der Waals surface area contributed by atoms with Gasteiger partial charge in [-0.1, -0.05) is 12.1 Å². The molecule has 152 valence electrons. The first-order valence-corrected chi connectivity index (χ1v) is 9.64. The molecular formula is C22H21N5O3. The van der Waals surface area contributed by atoms with Crippen molar-refractivity contribution in [3.05, 3.63) is 54.6 Å². The van der Waals surface area contributed by atoms with Crippen LogP contribution < -0.4 is 15.1 Å². The molecule has 8 heteroatoms. The highest BCUT2D eigenvalue weighted by Gasteiger charge is 2.34. The van der Waals surface area contributed by atoms with E-state index >= 15 is 0 Å². The third-order valence-electron chi connectivity index (χ3n) is 5.45. The summed E-state index contributed by atoms with van der Waals surface area (Å²) < 4.78 is 0. The van der Waals surface area contributed by atoms with E-state index in [0.29, 0.717) is 18.4 Å². The van der Waals surface area contributed by atoms with Gasteiger partial charge in [0.15, 0.2) is 0 Å². The second-order valence-electron chi connectivity index (χ2n) is 7.24. The van der Waals surface area contributed by atoms with Crippen LogP contribution in [0.5, 0.6) is 0 Å². The van der Waals surface area contributed by atoms with Gasteiger partial charge >= 0.3 is 0 Å². The van der Waals surface area contributed by atoms with Crippen LogP contribution in [0.2, 0.25) is 0 Å². The molecule has 0 radical (unpaired) electrons. The number of carbonyl (C=O) groups excluding carboxylic acids is 3. The highest BCUT2D eigenvalue weighted by molar-refractivity contribution is 6.27. The van der Waals surface area contributed by atoms with Crippen LogP contribution in [-0.2, 0) is 9.59 Å².